The van der Waals surface area contributed by atoms with Crippen molar-refractivity contribution in [3.8, 4) is 0 Å². The Hall–Kier alpha value is -0.570. The maximum absolute atomic E-state index is 11.5. The second-order valence-corrected chi connectivity index (χ2v) is 13.3. The van der Waals surface area contributed by atoms with E-state index in [9.17, 15) is 4.79 Å². The van der Waals surface area contributed by atoms with Gasteiger partial charge >= 0.3 is 0 Å². The van der Waals surface area contributed by atoms with Crippen LogP contribution in [0, 0.1) is 0 Å². The maximum Gasteiger partial charge on any atom is 0.231 e. The number of amides is 1. The summed E-state index contributed by atoms with van der Waals surface area (Å²) < 4.78 is 0. The van der Waals surface area contributed by atoms with Crippen molar-refractivity contribution >= 4 is 5.91 Å². The second-order valence-electron chi connectivity index (χ2n) is 13.3. The van der Waals surface area contributed by atoms with E-state index in [0.717, 1.165) is 13.1 Å². The van der Waals surface area contributed by atoms with Gasteiger partial charge in [-0.15, -0.1) is 0 Å². The number of carbonyl (C=O) groups excluding carboxylic acids is 1. The van der Waals surface area contributed by atoms with Crippen molar-refractivity contribution in [2.75, 3.05) is 19.6 Å². The first-order chi connectivity index (χ1) is 20.2. The molecule has 0 saturated heterocycles. The van der Waals surface area contributed by atoms with Gasteiger partial charge in [-0.05, 0) is 25.9 Å². The third kappa shape index (κ3) is 35.5. The largest absolute Gasteiger partial charge is 0.369 e. The van der Waals surface area contributed by atoms with Crippen LogP contribution in [0.3, 0.4) is 0 Å². The van der Waals surface area contributed by atoms with E-state index in [1.807, 2.05) is 0 Å². The molecule has 246 valence electrons. The minimum Gasteiger partial charge on any atom is -0.369 e. The highest BCUT2D eigenvalue weighted by molar-refractivity contribution is 5.75. The van der Waals surface area contributed by atoms with E-state index in [1.165, 1.54) is 205 Å². The molecule has 0 rings (SSSR count). The molecule has 0 aromatic carbocycles. The first kappa shape index (κ1) is 40.4. The Morgan fingerprint density at radius 2 is 0.561 bits per heavy atom. The highest BCUT2D eigenvalue weighted by Crippen LogP contribution is 2.15. The van der Waals surface area contributed by atoms with Gasteiger partial charge in [0.2, 0.25) is 5.91 Å². The lowest BCUT2D eigenvalue weighted by molar-refractivity contribution is -0.119. The number of hydrogen-bond donors (Lipinski definition) is 1. The molecule has 0 heterocycles. The number of primary amides is 1. The van der Waals surface area contributed by atoms with Crippen LogP contribution in [-0.4, -0.2) is 30.4 Å². The Bertz CT molecular complexity index is 459. The van der Waals surface area contributed by atoms with E-state index in [1.54, 1.807) is 0 Å². The lowest BCUT2D eigenvalue weighted by Gasteiger charge is -2.20. The fourth-order valence-corrected chi connectivity index (χ4v) is 6.26. The second kappa shape index (κ2) is 35.6. The molecule has 0 unspecified atom stereocenters. The molecule has 0 fully saturated rings. The normalized spacial score (nSPS) is 11.6. The number of unbranched alkanes of at least 4 members (excludes halogenated alkanes) is 30. The SMILES string of the molecule is CCCCCCCCCCCCCCCCCCN(CCCCCCCCCCCCCCCCCC)CC(N)=O. The molecule has 0 bridgehead atoms. The van der Waals surface area contributed by atoms with Crippen molar-refractivity contribution in [2.24, 2.45) is 5.73 Å². The number of carbonyl (C=O) groups is 1. The summed E-state index contributed by atoms with van der Waals surface area (Å²) in [6, 6.07) is 0. The van der Waals surface area contributed by atoms with Gasteiger partial charge in [0, 0.05) is 0 Å². The molecule has 41 heavy (non-hydrogen) atoms. The van der Waals surface area contributed by atoms with Crippen LogP contribution in [0.15, 0.2) is 0 Å². The van der Waals surface area contributed by atoms with Gasteiger partial charge in [-0.25, -0.2) is 0 Å². The predicted octanol–water partition coefficient (Wildman–Crippen LogP) is 12.3. The molecule has 0 saturated carbocycles. The number of hydrogen-bond acceptors (Lipinski definition) is 2. The van der Waals surface area contributed by atoms with Crippen LogP contribution in [0.25, 0.3) is 0 Å². The van der Waals surface area contributed by atoms with Crippen LogP contribution in [0.5, 0.6) is 0 Å². The molecule has 0 aromatic heterocycles. The Morgan fingerprint density at radius 1 is 0.366 bits per heavy atom. The fourth-order valence-electron chi connectivity index (χ4n) is 6.26. The third-order valence-corrected chi connectivity index (χ3v) is 9.04. The van der Waals surface area contributed by atoms with Crippen LogP contribution in [-0.2, 0) is 4.79 Å². The lowest BCUT2D eigenvalue weighted by atomic mass is 10.0. The average molecular weight is 579 g/mol. The van der Waals surface area contributed by atoms with E-state index in [2.05, 4.69) is 18.7 Å². The molecule has 3 heteroatoms. The van der Waals surface area contributed by atoms with Gasteiger partial charge in [0.05, 0.1) is 6.54 Å². The summed E-state index contributed by atoms with van der Waals surface area (Å²) in [5, 5.41) is 0. The van der Waals surface area contributed by atoms with Crippen LogP contribution in [0.4, 0.5) is 0 Å². The Labute approximate surface area is 260 Å². The lowest BCUT2D eigenvalue weighted by Crippen LogP contribution is -2.35. The van der Waals surface area contributed by atoms with Gasteiger partial charge in [-0.3, -0.25) is 9.69 Å². The van der Waals surface area contributed by atoms with Crippen molar-refractivity contribution in [2.45, 2.75) is 219 Å². The average Bonchev–Trinajstić information content (AvgIpc) is 2.96. The first-order valence-electron chi connectivity index (χ1n) is 19.2. The topological polar surface area (TPSA) is 46.3 Å². The molecular formula is C38H78N2O. The molecule has 1 amide bonds. The van der Waals surface area contributed by atoms with Crippen LogP contribution in [0.1, 0.15) is 219 Å². The first-order valence-corrected chi connectivity index (χ1v) is 19.2. The smallest absolute Gasteiger partial charge is 0.231 e. The Kier molecular flexibility index (Phi) is 35.1. The van der Waals surface area contributed by atoms with Gasteiger partial charge in [0.1, 0.15) is 0 Å². The Balaban J connectivity index is 3.46. The zero-order chi connectivity index (χ0) is 29.9. The van der Waals surface area contributed by atoms with Gasteiger partial charge < -0.3 is 5.73 Å². The molecule has 0 aliphatic carbocycles. The molecule has 0 aliphatic heterocycles. The third-order valence-electron chi connectivity index (χ3n) is 9.04. The summed E-state index contributed by atoms with van der Waals surface area (Å²) in [7, 11) is 0. The summed E-state index contributed by atoms with van der Waals surface area (Å²) in [6.07, 6.45) is 44.8. The summed E-state index contributed by atoms with van der Waals surface area (Å²) in [4.78, 5) is 13.8. The van der Waals surface area contributed by atoms with Crippen molar-refractivity contribution < 1.29 is 4.79 Å². The Morgan fingerprint density at radius 3 is 0.756 bits per heavy atom. The number of nitrogens with zero attached hydrogens (tertiary/aromatic N) is 1. The quantitative estimate of drug-likeness (QED) is 0.0751. The molecule has 0 aromatic rings. The molecule has 0 atom stereocenters. The fraction of sp³-hybridized carbons (Fsp3) is 0.974. The van der Waals surface area contributed by atoms with Crippen LogP contribution in [0.2, 0.25) is 0 Å². The molecule has 0 aliphatic rings. The molecule has 0 radical (unpaired) electrons. The van der Waals surface area contributed by atoms with Crippen LogP contribution < -0.4 is 5.73 Å². The highest BCUT2D eigenvalue weighted by Gasteiger charge is 2.08. The molecular weight excluding hydrogens is 500 g/mol. The summed E-state index contributed by atoms with van der Waals surface area (Å²) in [6.45, 7) is 7.12. The van der Waals surface area contributed by atoms with Crippen molar-refractivity contribution in [1.82, 2.24) is 4.90 Å². The molecule has 0 spiro atoms. The van der Waals surface area contributed by atoms with Crippen molar-refractivity contribution in [1.29, 1.82) is 0 Å². The molecule has 2 N–H and O–H groups in total. The predicted molar refractivity (Wildman–Crippen MR) is 185 cm³/mol. The van der Waals surface area contributed by atoms with Gasteiger partial charge in [0.25, 0.3) is 0 Å². The van der Waals surface area contributed by atoms with E-state index < -0.39 is 0 Å². The van der Waals surface area contributed by atoms with Gasteiger partial charge in [-0.2, -0.15) is 0 Å². The highest BCUT2D eigenvalue weighted by atomic mass is 16.1. The standard InChI is InChI=1S/C38H78N2O/c1-3-5-7-9-11-13-15-17-19-21-23-25-27-29-31-33-35-40(37-38(39)41)36-34-32-30-28-26-24-22-20-18-16-14-12-10-8-6-4-2/h3-37H2,1-2H3,(H2,39,41). The van der Waals surface area contributed by atoms with Gasteiger partial charge in [0.15, 0.2) is 0 Å². The van der Waals surface area contributed by atoms with E-state index >= 15 is 0 Å². The number of rotatable bonds is 36. The minimum atomic E-state index is -0.169. The summed E-state index contributed by atoms with van der Waals surface area (Å²) in [5.74, 6) is -0.169. The van der Waals surface area contributed by atoms with Crippen molar-refractivity contribution in [3.63, 3.8) is 0 Å². The maximum atomic E-state index is 11.5. The monoisotopic (exact) mass is 579 g/mol. The van der Waals surface area contributed by atoms with E-state index in [4.69, 9.17) is 5.73 Å². The summed E-state index contributed by atoms with van der Waals surface area (Å²) in [5.41, 5.74) is 5.54. The zero-order valence-corrected chi connectivity index (χ0v) is 28.7. The van der Waals surface area contributed by atoms with Gasteiger partial charge in [-0.1, -0.05) is 206 Å². The zero-order valence-electron chi connectivity index (χ0n) is 28.7. The minimum absolute atomic E-state index is 0.169. The van der Waals surface area contributed by atoms with Crippen LogP contribution >= 0.6 is 0 Å². The number of nitrogens with two attached hydrogens (primary N) is 1. The van der Waals surface area contributed by atoms with Crippen molar-refractivity contribution in [3.05, 3.63) is 0 Å². The summed E-state index contributed by atoms with van der Waals surface area (Å²) >= 11 is 0. The van der Waals surface area contributed by atoms with E-state index in [-0.39, 0.29) is 5.91 Å². The molecule has 3 nitrogen and oxygen atoms in total. The van der Waals surface area contributed by atoms with E-state index in [0.29, 0.717) is 6.54 Å².